The first kappa shape index (κ1) is 21.3. The van der Waals surface area contributed by atoms with E-state index in [4.69, 9.17) is 0 Å². The van der Waals surface area contributed by atoms with Crippen molar-refractivity contribution < 1.29 is 13.2 Å². The number of benzene rings is 1. The minimum Gasteiger partial charge on any atom is -0.354 e. The Kier molecular flexibility index (Phi) is 6.40. The molecule has 1 fully saturated rings. The van der Waals surface area contributed by atoms with Crippen LogP contribution >= 0.6 is 11.3 Å². The molecule has 0 radical (unpaired) electrons. The summed E-state index contributed by atoms with van der Waals surface area (Å²) in [5, 5.41) is 2.90. The number of fused-ring (bicyclic) bond motifs is 1. The highest BCUT2D eigenvalue weighted by Crippen LogP contribution is 2.26. The Bertz CT molecular complexity index is 1120. The van der Waals surface area contributed by atoms with E-state index in [0.29, 0.717) is 29.9 Å². The first-order valence-corrected chi connectivity index (χ1v) is 12.8. The molecule has 0 unspecified atom stereocenters. The van der Waals surface area contributed by atoms with Gasteiger partial charge in [0.2, 0.25) is 15.9 Å². The lowest BCUT2D eigenvalue weighted by atomic mass is 9.97. The van der Waals surface area contributed by atoms with Crippen molar-refractivity contribution in [3.8, 4) is 0 Å². The van der Waals surface area contributed by atoms with Crippen LogP contribution in [0.25, 0.3) is 10.2 Å². The maximum Gasteiger partial charge on any atom is 0.308 e. The number of carbonyl (C=O) groups is 1. The molecular formula is C21H27N3O4S2. The zero-order chi connectivity index (χ0) is 21.1. The first-order chi connectivity index (χ1) is 14.4. The molecule has 4 rings (SSSR count). The number of aromatic nitrogens is 1. The average molecular weight is 450 g/mol. The van der Waals surface area contributed by atoms with Gasteiger partial charge in [0, 0.05) is 19.6 Å². The highest BCUT2D eigenvalue weighted by Gasteiger charge is 2.27. The van der Waals surface area contributed by atoms with Crippen molar-refractivity contribution in [1.29, 1.82) is 0 Å². The van der Waals surface area contributed by atoms with Crippen LogP contribution in [0.2, 0.25) is 0 Å². The van der Waals surface area contributed by atoms with Gasteiger partial charge in [0.05, 0.1) is 15.1 Å². The highest BCUT2D eigenvalue weighted by molar-refractivity contribution is 7.89. The van der Waals surface area contributed by atoms with E-state index in [1.54, 1.807) is 12.1 Å². The number of hydrogen-bond donors (Lipinski definition) is 1. The van der Waals surface area contributed by atoms with Gasteiger partial charge in [-0.25, -0.2) is 8.42 Å². The Morgan fingerprint density at radius 2 is 1.93 bits per heavy atom. The third-order valence-corrected chi connectivity index (χ3v) is 8.63. The quantitative estimate of drug-likeness (QED) is 0.659. The zero-order valence-electron chi connectivity index (χ0n) is 16.9. The second-order valence-electron chi connectivity index (χ2n) is 7.90. The predicted octanol–water partition coefficient (Wildman–Crippen LogP) is 2.85. The summed E-state index contributed by atoms with van der Waals surface area (Å²) >= 11 is 0.975. The van der Waals surface area contributed by atoms with Crippen LogP contribution in [0.5, 0.6) is 0 Å². The maximum atomic E-state index is 12.8. The molecule has 0 saturated carbocycles. The molecule has 162 valence electrons. The van der Waals surface area contributed by atoms with Gasteiger partial charge >= 0.3 is 4.87 Å². The highest BCUT2D eigenvalue weighted by atomic mass is 32.2. The molecule has 1 aromatic heterocycles. The number of allylic oxidation sites excluding steroid dienone is 1. The van der Waals surface area contributed by atoms with Gasteiger partial charge in [-0.3, -0.25) is 14.2 Å². The summed E-state index contributed by atoms with van der Waals surface area (Å²) in [7, 11) is -3.54. The molecule has 1 saturated heterocycles. The fraction of sp³-hybridized carbons (Fsp3) is 0.524. The van der Waals surface area contributed by atoms with Gasteiger partial charge in [-0.2, -0.15) is 4.31 Å². The molecule has 1 amide bonds. The Morgan fingerprint density at radius 3 is 2.67 bits per heavy atom. The van der Waals surface area contributed by atoms with Gasteiger partial charge in [0.1, 0.15) is 6.54 Å². The molecule has 1 aromatic carbocycles. The molecule has 1 aliphatic carbocycles. The van der Waals surface area contributed by atoms with Crippen LogP contribution in [0.3, 0.4) is 0 Å². The summed E-state index contributed by atoms with van der Waals surface area (Å²) < 4.78 is 29.0. The van der Waals surface area contributed by atoms with Crippen molar-refractivity contribution in [2.75, 3.05) is 19.6 Å². The minimum atomic E-state index is -3.54. The van der Waals surface area contributed by atoms with Crippen molar-refractivity contribution in [2.45, 2.75) is 56.4 Å². The fourth-order valence-electron chi connectivity index (χ4n) is 4.13. The summed E-state index contributed by atoms with van der Waals surface area (Å²) in [6.45, 7) is 1.58. The SMILES string of the molecule is O=C(Cn1c(=O)sc2cc(S(=O)(=O)N3CCCC3)ccc21)NCCC1=CCCCC1. The number of nitrogens with one attached hydrogen (secondary N) is 1. The Balaban J connectivity index is 1.45. The Hall–Kier alpha value is -1.97. The van der Waals surface area contributed by atoms with E-state index >= 15 is 0 Å². The average Bonchev–Trinajstić information content (AvgIpc) is 3.38. The lowest BCUT2D eigenvalue weighted by Crippen LogP contribution is -2.31. The number of nitrogens with zero attached hydrogens (tertiary/aromatic N) is 2. The van der Waals surface area contributed by atoms with Crippen molar-refractivity contribution in [3.05, 3.63) is 39.5 Å². The van der Waals surface area contributed by atoms with Gasteiger partial charge < -0.3 is 5.32 Å². The van der Waals surface area contributed by atoms with Gasteiger partial charge in [-0.15, -0.1) is 0 Å². The number of carbonyl (C=O) groups excluding carboxylic acids is 1. The van der Waals surface area contributed by atoms with E-state index in [1.807, 2.05) is 0 Å². The molecule has 0 spiro atoms. The van der Waals surface area contributed by atoms with Gasteiger partial charge in [0.15, 0.2) is 0 Å². The summed E-state index contributed by atoms with van der Waals surface area (Å²) in [4.78, 5) is 24.8. The van der Waals surface area contributed by atoms with Crippen molar-refractivity contribution >= 4 is 37.5 Å². The van der Waals surface area contributed by atoms with E-state index in [0.717, 1.165) is 43.4 Å². The van der Waals surface area contributed by atoms with E-state index < -0.39 is 10.0 Å². The van der Waals surface area contributed by atoms with Crippen molar-refractivity contribution in [3.63, 3.8) is 0 Å². The second kappa shape index (κ2) is 9.03. The molecule has 30 heavy (non-hydrogen) atoms. The van der Waals surface area contributed by atoms with Crippen LogP contribution in [0.1, 0.15) is 44.9 Å². The standard InChI is InChI=1S/C21H27N3O4S2/c25-20(22-11-10-16-6-2-1-3-7-16)15-24-18-9-8-17(14-19(18)29-21(24)26)30(27,28)23-12-4-5-13-23/h6,8-9,14H,1-5,7,10-13,15H2,(H,22,25). The summed E-state index contributed by atoms with van der Waals surface area (Å²) in [5.41, 5.74) is 1.99. The summed E-state index contributed by atoms with van der Waals surface area (Å²) in [6.07, 6.45) is 9.54. The second-order valence-corrected chi connectivity index (χ2v) is 10.8. The lowest BCUT2D eigenvalue weighted by Gasteiger charge is -2.15. The smallest absolute Gasteiger partial charge is 0.308 e. The van der Waals surface area contributed by atoms with Crippen molar-refractivity contribution in [2.24, 2.45) is 0 Å². The van der Waals surface area contributed by atoms with Crippen LogP contribution in [0, 0.1) is 0 Å². The monoisotopic (exact) mass is 449 g/mol. The lowest BCUT2D eigenvalue weighted by molar-refractivity contribution is -0.121. The molecule has 9 heteroatoms. The number of thiazole rings is 1. The molecule has 2 aromatic rings. The van der Waals surface area contributed by atoms with Crippen molar-refractivity contribution in [1.82, 2.24) is 14.2 Å². The first-order valence-electron chi connectivity index (χ1n) is 10.5. The van der Waals surface area contributed by atoms with E-state index in [9.17, 15) is 18.0 Å². The molecule has 1 aliphatic heterocycles. The van der Waals surface area contributed by atoms with Gasteiger partial charge in [-0.1, -0.05) is 23.0 Å². The molecular weight excluding hydrogens is 422 g/mol. The fourth-order valence-corrected chi connectivity index (χ4v) is 6.68. The van der Waals surface area contributed by atoms with Crippen LogP contribution < -0.4 is 10.2 Å². The largest absolute Gasteiger partial charge is 0.354 e. The minimum absolute atomic E-state index is 0.0594. The normalized spacial score (nSPS) is 17.9. The zero-order valence-corrected chi connectivity index (χ0v) is 18.6. The van der Waals surface area contributed by atoms with Crippen LogP contribution in [-0.4, -0.2) is 42.8 Å². The van der Waals surface area contributed by atoms with E-state index in [2.05, 4.69) is 11.4 Å². The number of amides is 1. The Labute approximate surface area is 180 Å². The van der Waals surface area contributed by atoms with E-state index in [-0.39, 0.29) is 22.2 Å². The number of hydrogen-bond acceptors (Lipinski definition) is 5. The Morgan fingerprint density at radius 1 is 1.13 bits per heavy atom. The van der Waals surface area contributed by atoms with Crippen LogP contribution in [-0.2, 0) is 21.4 Å². The molecule has 2 aliphatic rings. The predicted molar refractivity (Wildman–Crippen MR) is 118 cm³/mol. The third kappa shape index (κ3) is 4.53. The van der Waals surface area contributed by atoms with Gasteiger partial charge in [0.25, 0.3) is 0 Å². The van der Waals surface area contributed by atoms with Gasteiger partial charge in [-0.05, 0) is 63.1 Å². The molecule has 1 N–H and O–H groups in total. The third-order valence-electron chi connectivity index (χ3n) is 5.80. The number of rotatable bonds is 7. The van der Waals surface area contributed by atoms with Crippen LogP contribution in [0.4, 0.5) is 0 Å². The summed E-state index contributed by atoms with van der Waals surface area (Å²) in [6, 6.07) is 4.72. The molecule has 7 nitrogen and oxygen atoms in total. The number of sulfonamides is 1. The molecule has 0 bridgehead atoms. The molecule has 2 heterocycles. The topological polar surface area (TPSA) is 88.5 Å². The summed E-state index contributed by atoms with van der Waals surface area (Å²) in [5.74, 6) is -0.207. The van der Waals surface area contributed by atoms with E-state index in [1.165, 1.54) is 33.4 Å². The molecule has 0 atom stereocenters. The maximum absolute atomic E-state index is 12.8. The van der Waals surface area contributed by atoms with Crippen LogP contribution in [0.15, 0.2) is 39.5 Å².